The van der Waals surface area contributed by atoms with E-state index >= 15 is 0 Å². The number of hydrogen-bond acceptors (Lipinski definition) is 7. The van der Waals surface area contributed by atoms with E-state index < -0.39 is 18.1 Å². The number of halogens is 3. The Kier molecular flexibility index (Phi) is 5.01. The van der Waals surface area contributed by atoms with Gasteiger partial charge in [0.05, 0.1) is 11.6 Å². The van der Waals surface area contributed by atoms with Crippen LogP contribution in [0.25, 0.3) is 33.7 Å². The number of nitriles is 1. The highest BCUT2D eigenvalue weighted by Gasteiger charge is 2.32. The minimum atomic E-state index is -4.92. The lowest BCUT2D eigenvalue weighted by molar-refractivity contribution is -0.306. The minimum absolute atomic E-state index is 0.0529. The van der Waals surface area contributed by atoms with Crippen LogP contribution in [0.2, 0.25) is 0 Å². The Balaban J connectivity index is 1.49. The molecule has 172 valence electrons. The number of nitrogens with zero attached hydrogens (tertiary/aromatic N) is 3. The topological polar surface area (TPSA) is 128 Å². The van der Waals surface area contributed by atoms with Crippen molar-refractivity contribution in [1.29, 1.82) is 5.26 Å². The largest absolute Gasteiger partial charge is 0.573 e. The van der Waals surface area contributed by atoms with Gasteiger partial charge in [0.2, 0.25) is 5.82 Å². The molecule has 5 rings (SSSR count). The highest BCUT2D eigenvalue weighted by Crippen LogP contribution is 2.40. The van der Waals surface area contributed by atoms with Crippen molar-refractivity contribution >= 4 is 16.9 Å². The third-order valence-corrected chi connectivity index (χ3v) is 5.70. The fraction of sp³-hybridized carbons (Fsp3) is 0.217. The number of aromatic amines is 1. The second kappa shape index (κ2) is 7.91. The van der Waals surface area contributed by atoms with E-state index in [1.54, 1.807) is 12.1 Å². The molecular weight excluding hydrogens is 453 g/mol. The summed E-state index contributed by atoms with van der Waals surface area (Å²) >= 11 is 0. The quantitative estimate of drug-likeness (QED) is 0.472. The number of benzene rings is 2. The number of rotatable bonds is 5. The highest BCUT2D eigenvalue weighted by molar-refractivity contribution is 5.89. The molecule has 0 amide bonds. The van der Waals surface area contributed by atoms with Crippen molar-refractivity contribution < 1.29 is 32.3 Å². The third kappa shape index (κ3) is 4.05. The lowest BCUT2D eigenvalue weighted by atomic mass is 10.0. The molecule has 0 bridgehead atoms. The zero-order valence-corrected chi connectivity index (χ0v) is 17.3. The number of carbonyl (C=O) groups excluding carboxylic acids is 1. The first-order valence-corrected chi connectivity index (χ1v) is 10.2. The smallest absolute Gasteiger partial charge is 0.550 e. The van der Waals surface area contributed by atoms with Crippen molar-refractivity contribution in [3.8, 4) is 34.7 Å². The van der Waals surface area contributed by atoms with Crippen LogP contribution in [0, 0.1) is 11.3 Å². The molecule has 1 aliphatic rings. The summed E-state index contributed by atoms with van der Waals surface area (Å²) in [6.45, 7) is 0. The van der Waals surface area contributed by atoms with Crippen molar-refractivity contribution in [3.63, 3.8) is 0 Å². The Labute approximate surface area is 189 Å². The van der Waals surface area contributed by atoms with Gasteiger partial charge in [0, 0.05) is 39.6 Å². The van der Waals surface area contributed by atoms with Gasteiger partial charge in [-0.05, 0) is 61.2 Å². The first-order valence-electron chi connectivity index (χ1n) is 10.2. The lowest BCUT2D eigenvalue weighted by Crippen LogP contribution is -2.24. The van der Waals surface area contributed by atoms with Crippen LogP contribution in [0.15, 0.2) is 40.9 Å². The van der Waals surface area contributed by atoms with Gasteiger partial charge >= 0.3 is 6.36 Å². The van der Waals surface area contributed by atoms with E-state index in [0.717, 1.165) is 40.7 Å². The molecule has 8 nitrogen and oxygen atoms in total. The average molecular weight is 467 g/mol. The van der Waals surface area contributed by atoms with Crippen LogP contribution in [-0.4, -0.2) is 27.5 Å². The number of aliphatic carboxylic acids is 1. The molecule has 1 unspecified atom stereocenters. The molecule has 2 heterocycles. The van der Waals surface area contributed by atoms with E-state index in [1.165, 1.54) is 6.07 Å². The van der Waals surface area contributed by atoms with Crippen LogP contribution in [0.4, 0.5) is 13.2 Å². The first-order chi connectivity index (χ1) is 16.2. The second-order valence-electron chi connectivity index (χ2n) is 7.92. The van der Waals surface area contributed by atoms with Crippen molar-refractivity contribution in [2.75, 3.05) is 0 Å². The summed E-state index contributed by atoms with van der Waals surface area (Å²) in [7, 11) is 0. The number of ether oxygens (including phenoxy) is 1. The van der Waals surface area contributed by atoms with Crippen LogP contribution >= 0.6 is 0 Å². The molecule has 11 heteroatoms. The number of H-pyrrole nitrogens is 1. The maximum absolute atomic E-state index is 12.6. The zero-order chi connectivity index (χ0) is 24.0. The Morgan fingerprint density at radius 3 is 2.82 bits per heavy atom. The van der Waals surface area contributed by atoms with Crippen LogP contribution in [-0.2, 0) is 11.2 Å². The Morgan fingerprint density at radius 1 is 1.26 bits per heavy atom. The summed E-state index contributed by atoms with van der Waals surface area (Å²) in [6.07, 6.45) is -3.54. The van der Waals surface area contributed by atoms with E-state index in [9.17, 15) is 23.1 Å². The number of nitrogens with one attached hydrogen (secondary N) is 1. The van der Waals surface area contributed by atoms with Crippen LogP contribution in [0.1, 0.15) is 35.6 Å². The van der Waals surface area contributed by atoms with Gasteiger partial charge in [-0.1, -0.05) is 5.16 Å². The molecule has 0 spiro atoms. The Morgan fingerprint density at radius 2 is 2.09 bits per heavy atom. The van der Waals surface area contributed by atoms with Gasteiger partial charge in [0.15, 0.2) is 0 Å². The SMILES string of the molecule is N#Cc1cc(OC(F)(F)F)cc(-c2nc(-c3ccc4[nH]c5c(c4c3)CCC5CC(=O)[O-])no2)c1. The van der Waals surface area contributed by atoms with Gasteiger partial charge in [-0.25, -0.2) is 0 Å². The molecule has 0 aliphatic heterocycles. The molecule has 2 aromatic heterocycles. The summed E-state index contributed by atoms with van der Waals surface area (Å²) in [5.74, 6) is -1.67. The Hall–Kier alpha value is -4.33. The van der Waals surface area contributed by atoms with Crippen molar-refractivity contribution in [1.82, 2.24) is 15.1 Å². The molecule has 1 aliphatic carbocycles. The number of carbonyl (C=O) groups is 1. The van der Waals surface area contributed by atoms with Crippen molar-refractivity contribution in [3.05, 3.63) is 53.2 Å². The van der Waals surface area contributed by atoms with Gasteiger partial charge in [-0.15, -0.1) is 13.2 Å². The minimum Gasteiger partial charge on any atom is -0.550 e. The van der Waals surface area contributed by atoms with Gasteiger partial charge < -0.3 is 24.1 Å². The molecule has 1 N–H and O–H groups in total. The highest BCUT2D eigenvalue weighted by atomic mass is 19.4. The second-order valence-corrected chi connectivity index (χ2v) is 7.92. The lowest BCUT2D eigenvalue weighted by Gasteiger charge is -2.09. The maximum Gasteiger partial charge on any atom is 0.573 e. The normalized spacial score (nSPS) is 15.3. The van der Waals surface area contributed by atoms with Crippen molar-refractivity contribution in [2.45, 2.75) is 31.5 Å². The number of carboxylic acids is 1. The number of hydrogen-bond donors (Lipinski definition) is 1. The summed E-state index contributed by atoms with van der Waals surface area (Å²) in [5, 5.41) is 25.0. The predicted octanol–water partition coefficient (Wildman–Crippen LogP) is 3.82. The fourth-order valence-electron chi connectivity index (χ4n) is 4.33. The average Bonchev–Trinajstić information content (AvgIpc) is 3.48. The van der Waals surface area contributed by atoms with E-state index in [1.807, 2.05) is 12.1 Å². The zero-order valence-electron chi connectivity index (χ0n) is 17.3. The third-order valence-electron chi connectivity index (χ3n) is 5.70. The summed E-state index contributed by atoms with van der Waals surface area (Å²) in [6, 6.07) is 10.5. The maximum atomic E-state index is 12.6. The molecular formula is C23H14F3N4O4-. The number of aryl methyl sites for hydroxylation is 1. The van der Waals surface area contributed by atoms with Crippen molar-refractivity contribution in [2.24, 2.45) is 0 Å². The molecule has 2 aromatic carbocycles. The summed E-state index contributed by atoms with van der Waals surface area (Å²) in [5.41, 5.74) is 3.41. The predicted molar refractivity (Wildman–Crippen MR) is 109 cm³/mol. The monoisotopic (exact) mass is 467 g/mol. The number of alkyl halides is 3. The van der Waals surface area contributed by atoms with Gasteiger partial charge in [0.25, 0.3) is 5.89 Å². The van der Waals surface area contributed by atoms with E-state index in [0.29, 0.717) is 12.0 Å². The van der Waals surface area contributed by atoms with Gasteiger partial charge in [-0.2, -0.15) is 10.2 Å². The van der Waals surface area contributed by atoms with Gasteiger partial charge in [0.1, 0.15) is 5.75 Å². The standard InChI is InChI=1S/C23H15F3N4O4/c24-23(25,26)33-15-6-11(10-27)5-14(7-15)22-29-21(30-34-22)13-2-4-18-17(8-13)16-3-1-12(9-19(31)32)20(16)28-18/h2,4-8,12,28H,1,3,9H2,(H,31,32)/p-1. The van der Waals surface area contributed by atoms with Crippen LogP contribution in [0.3, 0.4) is 0 Å². The van der Waals surface area contributed by atoms with Crippen LogP contribution in [0.5, 0.6) is 5.75 Å². The first kappa shape index (κ1) is 21.5. The number of carboxylic acid groups (broad SMARTS) is 1. The molecule has 1 atom stereocenters. The summed E-state index contributed by atoms with van der Waals surface area (Å²) < 4.78 is 47.1. The molecule has 0 fully saturated rings. The van der Waals surface area contributed by atoms with E-state index in [2.05, 4.69) is 19.9 Å². The molecule has 34 heavy (non-hydrogen) atoms. The summed E-state index contributed by atoms with van der Waals surface area (Å²) in [4.78, 5) is 18.6. The number of fused-ring (bicyclic) bond motifs is 3. The molecule has 4 aromatic rings. The number of aromatic nitrogens is 3. The molecule has 0 saturated carbocycles. The van der Waals surface area contributed by atoms with Gasteiger partial charge in [-0.3, -0.25) is 0 Å². The van der Waals surface area contributed by atoms with E-state index in [-0.39, 0.29) is 35.2 Å². The Bertz CT molecular complexity index is 1470. The van der Waals surface area contributed by atoms with Crippen LogP contribution < -0.4 is 9.84 Å². The molecule has 0 radical (unpaired) electrons. The molecule has 0 saturated heterocycles. The van der Waals surface area contributed by atoms with E-state index in [4.69, 9.17) is 9.78 Å². The fourth-order valence-corrected chi connectivity index (χ4v) is 4.33.